The van der Waals surface area contributed by atoms with Gasteiger partial charge in [0.1, 0.15) is 5.56 Å². The van der Waals surface area contributed by atoms with Gasteiger partial charge in [-0.1, -0.05) is 0 Å². The van der Waals surface area contributed by atoms with Crippen LogP contribution in [-0.2, 0) is 0 Å². The molecule has 2 heterocycles. The van der Waals surface area contributed by atoms with Crippen molar-refractivity contribution in [2.24, 2.45) is 5.92 Å². The van der Waals surface area contributed by atoms with Gasteiger partial charge in [-0.05, 0) is 31.2 Å². The molecule has 1 aliphatic rings. The number of carboxylic acids is 1. The monoisotopic (exact) mass is 268 g/mol. The van der Waals surface area contributed by atoms with Crippen molar-refractivity contribution in [3.05, 3.63) is 23.6 Å². The summed E-state index contributed by atoms with van der Waals surface area (Å²) in [5, 5.41) is 17.9. The topological polar surface area (TPSA) is 73.7 Å². The van der Waals surface area contributed by atoms with Gasteiger partial charge in [-0.2, -0.15) is 0 Å². The highest BCUT2D eigenvalue weighted by Gasteiger charge is 2.25. The first-order chi connectivity index (χ1) is 9.13. The van der Waals surface area contributed by atoms with Gasteiger partial charge in [0.05, 0.1) is 0 Å². The lowest BCUT2D eigenvalue weighted by atomic mass is 9.95. The quantitative estimate of drug-likeness (QED) is 0.866. The van der Waals surface area contributed by atoms with E-state index < -0.39 is 11.8 Å². The number of carboxylic acid groups (broad SMARTS) is 1. The van der Waals surface area contributed by atoms with Crippen LogP contribution in [0, 0.1) is 11.7 Å². The van der Waals surface area contributed by atoms with Crippen LogP contribution in [0.5, 0.6) is 0 Å². The van der Waals surface area contributed by atoms with E-state index in [1.165, 1.54) is 6.20 Å². The van der Waals surface area contributed by atoms with Crippen molar-refractivity contribution in [3.8, 4) is 0 Å². The fourth-order valence-electron chi connectivity index (χ4n) is 2.49. The third-order valence-electron chi connectivity index (χ3n) is 3.46. The lowest BCUT2D eigenvalue weighted by molar-refractivity contribution is 0.0691. The Bertz CT molecular complexity index is 465. The molecule has 1 unspecified atom stereocenters. The van der Waals surface area contributed by atoms with Crippen LogP contribution in [0.15, 0.2) is 12.3 Å². The van der Waals surface area contributed by atoms with Gasteiger partial charge in [0.2, 0.25) is 0 Å². The second-order valence-corrected chi connectivity index (χ2v) is 4.77. The number of aromatic nitrogens is 1. The molecular formula is C13H17FN2O3. The van der Waals surface area contributed by atoms with E-state index in [-0.39, 0.29) is 18.0 Å². The molecule has 2 N–H and O–H groups in total. The van der Waals surface area contributed by atoms with Gasteiger partial charge in [0.15, 0.2) is 11.6 Å². The van der Waals surface area contributed by atoms with Gasteiger partial charge >= 0.3 is 5.97 Å². The van der Waals surface area contributed by atoms with Crippen LogP contribution in [0.3, 0.4) is 0 Å². The first-order valence-electron chi connectivity index (χ1n) is 6.37. The Morgan fingerprint density at radius 3 is 3.05 bits per heavy atom. The SMILES string of the molecule is O=C(O)c1ccnc(N2CCCC(CCO)C2)c1F. The summed E-state index contributed by atoms with van der Waals surface area (Å²) in [7, 11) is 0. The second kappa shape index (κ2) is 5.97. The zero-order chi connectivity index (χ0) is 13.8. The highest BCUT2D eigenvalue weighted by molar-refractivity contribution is 5.88. The van der Waals surface area contributed by atoms with E-state index in [2.05, 4.69) is 4.98 Å². The average molecular weight is 268 g/mol. The minimum Gasteiger partial charge on any atom is -0.478 e. The first kappa shape index (κ1) is 13.7. The number of anilines is 1. The summed E-state index contributed by atoms with van der Waals surface area (Å²) in [5.41, 5.74) is -0.353. The fraction of sp³-hybridized carbons (Fsp3) is 0.538. The van der Waals surface area contributed by atoms with E-state index in [0.29, 0.717) is 25.4 Å². The van der Waals surface area contributed by atoms with E-state index in [1.807, 2.05) is 0 Å². The maximum Gasteiger partial charge on any atom is 0.338 e. The van der Waals surface area contributed by atoms with Crippen LogP contribution in [-0.4, -0.2) is 40.9 Å². The molecule has 0 amide bonds. The fourth-order valence-corrected chi connectivity index (χ4v) is 2.49. The Hall–Kier alpha value is -1.69. The minimum absolute atomic E-state index is 0.0996. The molecule has 19 heavy (non-hydrogen) atoms. The molecule has 104 valence electrons. The van der Waals surface area contributed by atoms with Crippen LogP contribution in [0.2, 0.25) is 0 Å². The van der Waals surface area contributed by atoms with Crippen molar-refractivity contribution in [2.75, 3.05) is 24.6 Å². The predicted molar refractivity (Wildman–Crippen MR) is 67.8 cm³/mol. The number of carbonyl (C=O) groups is 1. The molecule has 5 nitrogen and oxygen atoms in total. The molecule has 2 rings (SSSR count). The predicted octanol–water partition coefficient (Wildman–Crippen LogP) is 1.52. The smallest absolute Gasteiger partial charge is 0.338 e. The van der Waals surface area contributed by atoms with Crippen molar-refractivity contribution < 1.29 is 19.4 Å². The zero-order valence-electron chi connectivity index (χ0n) is 10.5. The molecule has 0 aliphatic carbocycles. The summed E-state index contributed by atoms with van der Waals surface area (Å²) in [6, 6.07) is 1.16. The number of aromatic carboxylic acids is 1. The summed E-state index contributed by atoms with van der Waals surface area (Å²) in [4.78, 5) is 16.6. The van der Waals surface area contributed by atoms with Gasteiger partial charge in [-0.3, -0.25) is 0 Å². The molecule has 0 radical (unpaired) electrons. The van der Waals surface area contributed by atoms with Crippen LogP contribution in [0.1, 0.15) is 29.6 Å². The van der Waals surface area contributed by atoms with Crippen LogP contribution in [0.25, 0.3) is 0 Å². The maximum absolute atomic E-state index is 14.1. The van der Waals surface area contributed by atoms with E-state index >= 15 is 0 Å². The number of nitrogens with zero attached hydrogens (tertiary/aromatic N) is 2. The summed E-state index contributed by atoms with van der Waals surface area (Å²) >= 11 is 0. The molecule has 0 saturated carbocycles. The Labute approximate surface area is 110 Å². The molecule has 0 spiro atoms. The summed E-state index contributed by atoms with van der Waals surface area (Å²) < 4.78 is 14.1. The van der Waals surface area contributed by atoms with Gasteiger partial charge in [-0.15, -0.1) is 0 Å². The number of hydrogen-bond acceptors (Lipinski definition) is 4. The Kier molecular flexibility index (Phi) is 4.31. The van der Waals surface area contributed by atoms with Crippen LogP contribution in [0.4, 0.5) is 10.2 Å². The third-order valence-corrected chi connectivity index (χ3v) is 3.46. The largest absolute Gasteiger partial charge is 0.478 e. The molecular weight excluding hydrogens is 251 g/mol. The standard InChI is InChI=1S/C13H17FN2O3/c14-11-10(13(18)19)3-5-15-12(11)16-6-1-2-9(8-16)4-7-17/h3,5,9,17H,1-2,4,6-8H2,(H,18,19). The Balaban J connectivity index is 2.21. The number of aliphatic hydroxyl groups excluding tert-OH is 1. The normalized spacial score (nSPS) is 19.5. The number of hydrogen-bond donors (Lipinski definition) is 2. The summed E-state index contributed by atoms with van der Waals surface area (Å²) in [6.45, 7) is 1.38. The molecule has 0 bridgehead atoms. The van der Waals surface area contributed by atoms with Crippen molar-refractivity contribution in [3.63, 3.8) is 0 Å². The molecule has 1 aliphatic heterocycles. The summed E-state index contributed by atoms with van der Waals surface area (Å²) in [5.74, 6) is -1.67. The van der Waals surface area contributed by atoms with Crippen molar-refractivity contribution in [2.45, 2.75) is 19.3 Å². The van der Waals surface area contributed by atoms with Crippen molar-refractivity contribution in [1.29, 1.82) is 0 Å². The zero-order valence-corrected chi connectivity index (χ0v) is 10.5. The highest BCUT2D eigenvalue weighted by Crippen LogP contribution is 2.26. The lowest BCUT2D eigenvalue weighted by Gasteiger charge is -2.33. The average Bonchev–Trinajstić information content (AvgIpc) is 2.39. The molecule has 0 aromatic carbocycles. The number of pyridine rings is 1. The minimum atomic E-state index is -1.29. The van der Waals surface area contributed by atoms with Gasteiger partial charge < -0.3 is 15.1 Å². The Morgan fingerprint density at radius 1 is 1.58 bits per heavy atom. The highest BCUT2D eigenvalue weighted by atomic mass is 19.1. The van der Waals surface area contributed by atoms with Gasteiger partial charge in [0.25, 0.3) is 0 Å². The number of halogens is 1. The Morgan fingerprint density at radius 2 is 2.37 bits per heavy atom. The van der Waals surface area contributed by atoms with E-state index in [9.17, 15) is 9.18 Å². The molecule has 1 saturated heterocycles. The van der Waals surface area contributed by atoms with E-state index in [0.717, 1.165) is 18.9 Å². The van der Waals surface area contributed by atoms with E-state index in [1.54, 1.807) is 4.90 Å². The number of aliphatic hydroxyl groups is 1. The van der Waals surface area contributed by atoms with Gasteiger partial charge in [0, 0.05) is 25.9 Å². The van der Waals surface area contributed by atoms with Gasteiger partial charge in [-0.25, -0.2) is 14.2 Å². The van der Waals surface area contributed by atoms with Crippen LogP contribution >= 0.6 is 0 Å². The van der Waals surface area contributed by atoms with Crippen molar-refractivity contribution >= 4 is 11.8 Å². The van der Waals surface area contributed by atoms with E-state index in [4.69, 9.17) is 10.2 Å². The molecule has 1 aromatic heterocycles. The molecule has 1 atom stereocenters. The maximum atomic E-state index is 14.1. The molecule has 1 fully saturated rings. The molecule has 1 aromatic rings. The number of piperidine rings is 1. The van der Waals surface area contributed by atoms with Crippen molar-refractivity contribution in [1.82, 2.24) is 4.98 Å². The third kappa shape index (κ3) is 3.01. The number of rotatable bonds is 4. The summed E-state index contributed by atoms with van der Waals surface area (Å²) in [6.07, 6.45) is 3.88. The molecule has 6 heteroatoms. The second-order valence-electron chi connectivity index (χ2n) is 4.77. The van der Waals surface area contributed by atoms with Crippen LogP contribution < -0.4 is 4.90 Å². The first-order valence-corrected chi connectivity index (χ1v) is 6.37. The lowest BCUT2D eigenvalue weighted by Crippen LogP contribution is -2.37.